The number of halogens is 2. The molecule has 22 heavy (non-hydrogen) atoms. The number of anilines is 1. The van der Waals surface area contributed by atoms with Crippen LogP contribution in [0.15, 0.2) is 18.2 Å². The van der Waals surface area contributed by atoms with Crippen molar-refractivity contribution in [3.05, 3.63) is 28.2 Å². The standard InChI is InChI=1S/C15H19Cl2N3O2/c1-2-14(21)18-11-4-3-7-20(9-11)15(22)19-10-5-6-12(16)13(17)8-10/h5-6,8,11H,2-4,7,9H2,1H3,(H,18,21)(H,19,22)/t11-/m0/s1. The average molecular weight is 344 g/mol. The minimum Gasteiger partial charge on any atom is -0.352 e. The number of carbonyl (C=O) groups excluding carboxylic acids is 2. The molecule has 0 aliphatic carbocycles. The van der Waals surface area contributed by atoms with Gasteiger partial charge in [0.15, 0.2) is 0 Å². The topological polar surface area (TPSA) is 61.4 Å². The molecule has 0 bridgehead atoms. The van der Waals surface area contributed by atoms with Crippen molar-refractivity contribution in [2.45, 2.75) is 32.2 Å². The van der Waals surface area contributed by atoms with Crippen LogP contribution in [0.2, 0.25) is 10.0 Å². The highest BCUT2D eigenvalue weighted by Crippen LogP contribution is 2.25. The first kappa shape index (κ1) is 16.9. The second kappa shape index (κ2) is 7.70. The Kier molecular flexibility index (Phi) is 5.91. The molecule has 1 saturated heterocycles. The summed E-state index contributed by atoms with van der Waals surface area (Å²) >= 11 is 11.8. The number of nitrogens with one attached hydrogen (secondary N) is 2. The predicted molar refractivity (Wildman–Crippen MR) is 88.5 cm³/mol. The van der Waals surface area contributed by atoms with E-state index in [4.69, 9.17) is 23.2 Å². The van der Waals surface area contributed by atoms with Crippen LogP contribution in [0.25, 0.3) is 0 Å². The Balaban J connectivity index is 1.93. The zero-order chi connectivity index (χ0) is 16.1. The highest BCUT2D eigenvalue weighted by atomic mass is 35.5. The lowest BCUT2D eigenvalue weighted by Gasteiger charge is -2.33. The Morgan fingerprint density at radius 2 is 2.09 bits per heavy atom. The molecule has 0 saturated carbocycles. The third-order valence-electron chi connectivity index (χ3n) is 3.57. The van der Waals surface area contributed by atoms with Gasteiger partial charge in [0.25, 0.3) is 0 Å². The maximum atomic E-state index is 12.3. The second-order valence-electron chi connectivity index (χ2n) is 5.27. The summed E-state index contributed by atoms with van der Waals surface area (Å²) in [6.07, 6.45) is 2.21. The van der Waals surface area contributed by atoms with E-state index in [0.29, 0.717) is 35.2 Å². The molecule has 1 aromatic carbocycles. The third-order valence-corrected chi connectivity index (χ3v) is 4.30. The summed E-state index contributed by atoms with van der Waals surface area (Å²) < 4.78 is 0. The minimum absolute atomic E-state index is 0.0109. The zero-order valence-corrected chi connectivity index (χ0v) is 13.9. The van der Waals surface area contributed by atoms with Gasteiger partial charge in [-0.3, -0.25) is 4.79 Å². The van der Waals surface area contributed by atoms with Crippen molar-refractivity contribution in [2.24, 2.45) is 0 Å². The van der Waals surface area contributed by atoms with Crippen LogP contribution in [0.3, 0.4) is 0 Å². The molecule has 0 unspecified atom stereocenters. The molecule has 2 N–H and O–H groups in total. The van der Waals surface area contributed by atoms with E-state index in [1.165, 1.54) is 0 Å². The molecular weight excluding hydrogens is 325 g/mol. The Morgan fingerprint density at radius 1 is 1.32 bits per heavy atom. The quantitative estimate of drug-likeness (QED) is 0.881. The van der Waals surface area contributed by atoms with E-state index in [2.05, 4.69) is 10.6 Å². The fourth-order valence-electron chi connectivity index (χ4n) is 2.39. The number of hydrogen-bond donors (Lipinski definition) is 2. The van der Waals surface area contributed by atoms with Gasteiger partial charge in [0.05, 0.1) is 10.0 Å². The van der Waals surface area contributed by atoms with E-state index >= 15 is 0 Å². The fourth-order valence-corrected chi connectivity index (χ4v) is 2.68. The number of carbonyl (C=O) groups is 2. The maximum absolute atomic E-state index is 12.3. The molecule has 1 aliphatic rings. The summed E-state index contributed by atoms with van der Waals surface area (Å²) in [6.45, 7) is 3.00. The highest BCUT2D eigenvalue weighted by Gasteiger charge is 2.24. The summed E-state index contributed by atoms with van der Waals surface area (Å²) in [7, 11) is 0. The summed E-state index contributed by atoms with van der Waals surface area (Å²) in [5.41, 5.74) is 0.596. The summed E-state index contributed by atoms with van der Waals surface area (Å²) in [5, 5.41) is 6.57. The largest absolute Gasteiger partial charge is 0.352 e. The van der Waals surface area contributed by atoms with Crippen LogP contribution < -0.4 is 10.6 Å². The van der Waals surface area contributed by atoms with Gasteiger partial charge in [0, 0.05) is 31.2 Å². The number of benzene rings is 1. The van der Waals surface area contributed by atoms with Crippen LogP contribution in [-0.4, -0.2) is 36.0 Å². The fraction of sp³-hybridized carbons (Fsp3) is 0.467. The first-order valence-corrected chi connectivity index (χ1v) is 8.05. The number of hydrogen-bond acceptors (Lipinski definition) is 2. The Labute approximate surface area is 139 Å². The van der Waals surface area contributed by atoms with Gasteiger partial charge in [-0.1, -0.05) is 30.1 Å². The number of urea groups is 1. The highest BCUT2D eigenvalue weighted by molar-refractivity contribution is 6.42. The molecule has 1 heterocycles. The van der Waals surface area contributed by atoms with Crippen molar-refractivity contribution < 1.29 is 9.59 Å². The van der Waals surface area contributed by atoms with Crippen molar-refractivity contribution in [1.82, 2.24) is 10.2 Å². The van der Waals surface area contributed by atoms with Crippen LogP contribution >= 0.6 is 23.2 Å². The lowest BCUT2D eigenvalue weighted by atomic mass is 10.1. The monoisotopic (exact) mass is 343 g/mol. The van der Waals surface area contributed by atoms with E-state index in [1.807, 2.05) is 6.92 Å². The number of amides is 3. The van der Waals surface area contributed by atoms with Gasteiger partial charge in [-0.15, -0.1) is 0 Å². The molecule has 1 atom stereocenters. The number of likely N-dealkylation sites (tertiary alicyclic amines) is 1. The van der Waals surface area contributed by atoms with Crippen LogP contribution in [0, 0.1) is 0 Å². The lowest BCUT2D eigenvalue weighted by Crippen LogP contribution is -2.50. The Bertz CT molecular complexity index is 566. The van der Waals surface area contributed by atoms with Crippen molar-refractivity contribution >= 4 is 40.8 Å². The molecule has 0 spiro atoms. The van der Waals surface area contributed by atoms with E-state index in [1.54, 1.807) is 23.1 Å². The molecular formula is C15H19Cl2N3O2. The summed E-state index contributed by atoms with van der Waals surface area (Å²) in [5.74, 6) is 0.0109. The molecule has 7 heteroatoms. The number of rotatable bonds is 3. The smallest absolute Gasteiger partial charge is 0.321 e. The van der Waals surface area contributed by atoms with Gasteiger partial charge in [0.1, 0.15) is 0 Å². The first-order valence-electron chi connectivity index (χ1n) is 7.30. The molecule has 1 aromatic rings. The maximum Gasteiger partial charge on any atom is 0.321 e. The van der Waals surface area contributed by atoms with Gasteiger partial charge < -0.3 is 15.5 Å². The first-order chi connectivity index (χ1) is 10.5. The molecule has 3 amide bonds. The molecule has 120 valence electrons. The van der Waals surface area contributed by atoms with Crippen LogP contribution in [0.4, 0.5) is 10.5 Å². The number of nitrogens with zero attached hydrogens (tertiary/aromatic N) is 1. The van der Waals surface area contributed by atoms with Crippen LogP contribution in [0.5, 0.6) is 0 Å². The van der Waals surface area contributed by atoms with E-state index in [9.17, 15) is 9.59 Å². The normalized spacial score (nSPS) is 18.0. The third kappa shape index (κ3) is 4.52. The summed E-state index contributed by atoms with van der Waals surface area (Å²) in [4.78, 5) is 25.5. The zero-order valence-electron chi connectivity index (χ0n) is 12.4. The van der Waals surface area contributed by atoms with E-state index in [-0.39, 0.29) is 18.0 Å². The van der Waals surface area contributed by atoms with Gasteiger partial charge in [-0.2, -0.15) is 0 Å². The van der Waals surface area contributed by atoms with Crippen molar-refractivity contribution in [3.8, 4) is 0 Å². The number of piperidine rings is 1. The minimum atomic E-state index is -0.200. The molecule has 5 nitrogen and oxygen atoms in total. The van der Waals surface area contributed by atoms with Crippen LogP contribution in [-0.2, 0) is 4.79 Å². The van der Waals surface area contributed by atoms with E-state index < -0.39 is 0 Å². The SMILES string of the molecule is CCC(=O)N[C@H]1CCCN(C(=O)Nc2ccc(Cl)c(Cl)c2)C1. The van der Waals surface area contributed by atoms with Crippen molar-refractivity contribution in [1.29, 1.82) is 0 Å². The van der Waals surface area contributed by atoms with Crippen molar-refractivity contribution in [2.75, 3.05) is 18.4 Å². The Morgan fingerprint density at radius 3 is 2.77 bits per heavy atom. The van der Waals surface area contributed by atoms with Gasteiger partial charge in [-0.05, 0) is 31.0 Å². The lowest BCUT2D eigenvalue weighted by molar-refractivity contribution is -0.121. The molecule has 0 radical (unpaired) electrons. The molecule has 2 rings (SSSR count). The average Bonchev–Trinajstić information content (AvgIpc) is 2.51. The van der Waals surface area contributed by atoms with Gasteiger partial charge in [-0.25, -0.2) is 4.79 Å². The predicted octanol–water partition coefficient (Wildman–Crippen LogP) is 3.52. The molecule has 1 fully saturated rings. The molecule has 0 aromatic heterocycles. The van der Waals surface area contributed by atoms with Gasteiger partial charge >= 0.3 is 6.03 Å². The van der Waals surface area contributed by atoms with Crippen LogP contribution in [0.1, 0.15) is 26.2 Å². The van der Waals surface area contributed by atoms with Crippen molar-refractivity contribution in [3.63, 3.8) is 0 Å². The van der Waals surface area contributed by atoms with E-state index in [0.717, 1.165) is 12.8 Å². The summed E-state index contributed by atoms with van der Waals surface area (Å²) in [6, 6.07) is 4.77. The Hall–Kier alpha value is -1.46. The molecule has 1 aliphatic heterocycles. The van der Waals surface area contributed by atoms with Gasteiger partial charge in [0.2, 0.25) is 5.91 Å². The second-order valence-corrected chi connectivity index (χ2v) is 6.08.